The number of nitrogens with zero attached hydrogens (tertiary/aromatic N) is 5. The SMILES string of the molecule is COc1ccc(C(CCCNS(=O)(=O)c2c(Cl)nc3sccn23)N2C(=O)c3cccc(N4CCN(C(C)c5ccccc5)CC4)c3C2=O)cc1OC. The molecule has 1 saturated heterocycles. The molecule has 0 spiro atoms. The predicted octanol–water partition coefficient (Wildman–Crippen LogP) is 6.05. The number of carbonyl (C=O) groups excluding carboxylic acids is 2. The molecule has 0 saturated carbocycles. The quantitative estimate of drug-likeness (QED) is 0.113. The lowest BCUT2D eigenvalue weighted by molar-refractivity contribution is 0.0572. The van der Waals surface area contributed by atoms with Crippen LogP contribution >= 0.6 is 22.9 Å². The maximum absolute atomic E-state index is 14.5. The van der Waals surface area contributed by atoms with Gasteiger partial charge in [0.25, 0.3) is 21.8 Å². The highest BCUT2D eigenvalue weighted by Crippen LogP contribution is 2.41. The van der Waals surface area contributed by atoms with Gasteiger partial charge in [0.1, 0.15) is 0 Å². The zero-order chi connectivity index (χ0) is 36.6. The summed E-state index contributed by atoms with van der Waals surface area (Å²) in [4.78, 5) is 39.2. The molecule has 0 aliphatic carbocycles. The van der Waals surface area contributed by atoms with E-state index in [0.717, 1.165) is 18.8 Å². The number of piperazine rings is 1. The van der Waals surface area contributed by atoms with Gasteiger partial charge in [-0.2, -0.15) is 0 Å². The van der Waals surface area contributed by atoms with Gasteiger partial charge >= 0.3 is 0 Å². The molecule has 52 heavy (non-hydrogen) atoms. The summed E-state index contributed by atoms with van der Waals surface area (Å²) in [5.74, 6) is 0.160. The molecule has 3 aromatic carbocycles. The standard InChI is InChI=1S/C37H39ClN6O6S2/c1-24(25-9-5-4-6-10-25)41-17-19-42(20-18-41)29-12-7-11-27-32(29)35(46)44(34(27)45)28(26-14-15-30(49-2)31(23-26)50-3)13-8-16-39-52(47,48)36-33(38)40-37-43(36)21-22-51-37/h4-7,9-12,14-15,21-24,28,39H,8,13,16-20H2,1-3H3. The fourth-order valence-corrected chi connectivity index (χ4v) is 9.70. The van der Waals surface area contributed by atoms with Gasteiger partial charge in [-0.3, -0.25) is 23.8 Å². The summed E-state index contributed by atoms with van der Waals surface area (Å²) in [5.41, 5.74) is 3.38. The first-order chi connectivity index (χ1) is 25.1. The Labute approximate surface area is 311 Å². The predicted molar refractivity (Wildman–Crippen MR) is 200 cm³/mol. The van der Waals surface area contributed by atoms with Gasteiger partial charge in [0.05, 0.1) is 37.1 Å². The van der Waals surface area contributed by atoms with Crippen LogP contribution in [-0.4, -0.2) is 86.4 Å². The molecule has 0 radical (unpaired) electrons. The average Bonchev–Trinajstić information content (AvgIpc) is 3.82. The lowest BCUT2D eigenvalue weighted by Crippen LogP contribution is -2.47. The molecule has 0 bridgehead atoms. The highest BCUT2D eigenvalue weighted by Gasteiger charge is 2.43. The van der Waals surface area contributed by atoms with Crippen LogP contribution < -0.4 is 19.1 Å². The van der Waals surface area contributed by atoms with E-state index in [1.54, 1.807) is 35.8 Å². The lowest BCUT2D eigenvalue weighted by Gasteiger charge is -2.39. The molecule has 15 heteroatoms. The van der Waals surface area contributed by atoms with Crippen molar-refractivity contribution in [3.63, 3.8) is 0 Å². The number of rotatable bonds is 13. The van der Waals surface area contributed by atoms with E-state index in [1.807, 2.05) is 18.2 Å². The van der Waals surface area contributed by atoms with Crippen molar-refractivity contribution in [1.29, 1.82) is 0 Å². The van der Waals surface area contributed by atoms with E-state index >= 15 is 0 Å². The number of halogens is 1. The fourth-order valence-electron chi connectivity index (χ4n) is 7.18. The first-order valence-electron chi connectivity index (χ1n) is 17.0. The second-order valence-corrected chi connectivity index (χ2v) is 15.6. The van der Waals surface area contributed by atoms with Crippen molar-refractivity contribution in [3.05, 3.63) is 106 Å². The van der Waals surface area contributed by atoms with Gasteiger partial charge in [-0.05, 0) is 55.2 Å². The van der Waals surface area contributed by atoms with Gasteiger partial charge < -0.3 is 14.4 Å². The molecular formula is C37H39ClN6O6S2. The average molecular weight is 763 g/mol. The highest BCUT2D eigenvalue weighted by molar-refractivity contribution is 7.89. The summed E-state index contributed by atoms with van der Waals surface area (Å²) in [6, 6.07) is 20.7. The topological polar surface area (TPSA) is 126 Å². The molecule has 1 fully saturated rings. The number of anilines is 1. The monoisotopic (exact) mass is 762 g/mol. The second-order valence-electron chi connectivity index (χ2n) is 12.7. The number of sulfonamides is 1. The number of benzene rings is 3. The molecule has 2 aromatic heterocycles. The molecule has 1 N–H and O–H groups in total. The van der Waals surface area contributed by atoms with Crippen LogP contribution in [-0.2, 0) is 10.0 Å². The van der Waals surface area contributed by atoms with Crippen molar-refractivity contribution in [1.82, 2.24) is 23.9 Å². The third-order valence-corrected chi connectivity index (χ3v) is 12.5. The number of methoxy groups -OCH3 is 2. The van der Waals surface area contributed by atoms with E-state index < -0.39 is 22.0 Å². The Morgan fingerprint density at radius 2 is 1.67 bits per heavy atom. The van der Waals surface area contributed by atoms with E-state index in [0.29, 0.717) is 52.7 Å². The van der Waals surface area contributed by atoms with Crippen molar-refractivity contribution < 1.29 is 27.5 Å². The van der Waals surface area contributed by atoms with E-state index in [2.05, 4.69) is 50.7 Å². The van der Waals surface area contributed by atoms with Crippen LogP contribution in [0.4, 0.5) is 5.69 Å². The number of hydrogen-bond acceptors (Lipinski definition) is 10. The van der Waals surface area contributed by atoms with Gasteiger partial charge in [-0.15, -0.1) is 11.3 Å². The van der Waals surface area contributed by atoms with E-state index in [-0.39, 0.29) is 35.1 Å². The maximum atomic E-state index is 14.5. The van der Waals surface area contributed by atoms with Crippen LogP contribution in [0.1, 0.15) is 63.7 Å². The van der Waals surface area contributed by atoms with Gasteiger partial charge in [0.2, 0.25) is 0 Å². The van der Waals surface area contributed by atoms with E-state index in [4.69, 9.17) is 21.1 Å². The van der Waals surface area contributed by atoms with Crippen LogP contribution in [0.2, 0.25) is 5.15 Å². The Hall–Kier alpha value is -4.47. The van der Waals surface area contributed by atoms with Crippen LogP contribution in [0.5, 0.6) is 11.5 Å². The number of thiazole rings is 1. The number of ether oxygens (including phenoxy) is 2. The van der Waals surface area contributed by atoms with Crippen molar-refractivity contribution in [2.24, 2.45) is 0 Å². The molecule has 12 nitrogen and oxygen atoms in total. The third kappa shape index (κ3) is 6.65. The number of carbonyl (C=O) groups is 2. The molecule has 7 rings (SSSR count). The molecule has 4 heterocycles. The molecule has 272 valence electrons. The number of nitrogens with one attached hydrogen (secondary N) is 1. The fraction of sp³-hybridized carbons (Fsp3) is 0.324. The number of imidazole rings is 1. The molecule has 5 aromatic rings. The first-order valence-corrected chi connectivity index (χ1v) is 19.7. The number of hydrogen-bond donors (Lipinski definition) is 1. The summed E-state index contributed by atoms with van der Waals surface area (Å²) in [5, 5.41) is 1.48. The zero-order valence-corrected chi connectivity index (χ0v) is 31.4. The first kappa shape index (κ1) is 35.9. The molecule has 2 amide bonds. The largest absolute Gasteiger partial charge is 0.493 e. The zero-order valence-electron chi connectivity index (χ0n) is 29.0. The molecule has 2 atom stereocenters. The van der Waals surface area contributed by atoms with Crippen LogP contribution in [0.25, 0.3) is 4.96 Å². The minimum atomic E-state index is -4.02. The summed E-state index contributed by atoms with van der Waals surface area (Å²) < 4.78 is 41.7. The lowest BCUT2D eigenvalue weighted by atomic mass is 9.99. The molecular weight excluding hydrogens is 724 g/mol. The Balaban J connectivity index is 1.12. The molecule has 2 unspecified atom stereocenters. The number of aromatic nitrogens is 2. The third-order valence-electron chi connectivity index (χ3n) is 9.89. The van der Waals surface area contributed by atoms with Crippen molar-refractivity contribution in [3.8, 4) is 11.5 Å². The Bertz CT molecular complexity index is 2220. The minimum Gasteiger partial charge on any atom is -0.493 e. The summed E-state index contributed by atoms with van der Waals surface area (Å²) in [6.45, 7) is 5.25. The van der Waals surface area contributed by atoms with Crippen molar-refractivity contribution in [2.45, 2.75) is 36.9 Å². The van der Waals surface area contributed by atoms with Crippen LogP contribution in [0.3, 0.4) is 0 Å². The smallest absolute Gasteiger partial charge is 0.264 e. The van der Waals surface area contributed by atoms with E-state index in [9.17, 15) is 18.0 Å². The van der Waals surface area contributed by atoms with E-state index in [1.165, 1.54) is 40.4 Å². The van der Waals surface area contributed by atoms with Gasteiger partial charge in [-0.1, -0.05) is 54.1 Å². The normalized spacial score (nSPS) is 16.4. The van der Waals surface area contributed by atoms with Crippen LogP contribution in [0, 0.1) is 0 Å². The van der Waals surface area contributed by atoms with Gasteiger partial charge in [-0.25, -0.2) is 18.1 Å². The highest BCUT2D eigenvalue weighted by atomic mass is 35.5. The minimum absolute atomic E-state index is 0.0277. The maximum Gasteiger partial charge on any atom is 0.264 e. The number of fused-ring (bicyclic) bond motifs is 2. The summed E-state index contributed by atoms with van der Waals surface area (Å²) in [7, 11) is -0.969. The van der Waals surface area contributed by atoms with Crippen LogP contribution in [0.15, 0.2) is 83.3 Å². The Morgan fingerprint density at radius 3 is 2.40 bits per heavy atom. The van der Waals surface area contributed by atoms with Crippen molar-refractivity contribution in [2.75, 3.05) is 51.8 Å². The molecule has 2 aliphatic rings. The number of imide groups is 1. The Morgan fingerprint density at radius 1 is 0.923 bits per heavy atom. The van der Waals surface area contributed by atoms with Crippen molar-refractivity contribution >= 4 is 55.4 Å². The summed E-state index contributed by atoms with van der Waals surface area (Å²) >= 11 is 7.49. The van der Waals surface area contributed by atoms with Gasteiger partial charge in [0.15, 0.2) is 26.6 Å². The van der Waals surface area contributed by atoms with Gasteiger partial charge in [0, 0.05) is 50.3 Å². The number of amides is 2. The second kappa shape index (κ2) is 14.9. The Kier molecular flexibility index (Phi) is 10.3. The molecule has 2 aliphatic heterocycles. The summed E-state index contributed by atoms with van der Waals surface area (Å²) in [6.07, 6.45) is 2.16.